The average molecular weight is 382 g/mol. The van der Waals surface area contributed by atoms with Gasteiger partial charge in [-0.2, -0.15) is 0 Å². The monoisotopic (exact) mass is 382 g/mol. The second-order valence-corrected chi connectivity index (χ2v) is 7.87. The molecule has 1 nitrogen and oxygen atoms in total. The van der Waals surface area contributed by atoms with Crippen molar-refractivity contribution in [3.05, 3.63) is 137 Å². The molecule has 0 amide bonds. The van der Waals surface area contributed by atoms with Crippen LogP contribution >= 0.6 is 9.24 Å². The van der Waals surface area contributed by atoms with E-state index in [2.05, 4.69) is 82.0 Å². The van der Waals surface area contributed by atoms with Crippen LogP contribution in [0.5, 0.6) is 5.75 Å². The number of phenols is 1. The van der Waals surface area contributed by atoms with Crippen LogP contribution in [0.25, 0.3) is 0 Å². The maximum Gasteiger partial charge on any atom is 0.119 e. The molecule has 0 saturated carbocycles. The number of hydrogen-bond donors (Lipinski definition) is 1. The third-order valence-electron chi connectivity index (χ3n) is 5.27. The molecule has 0 saturated heterocycles. The molecule has 2 heteroatoms. The van der Waals surface area contributed by atoms with Gasteiger partial charge in [0.05, 0.1) is 5.16 Å². The summed E-state index contributed by atoms with van der Waals surface area (Å²) in [6.07, 6.45) is 0.679. The number of phenolic OH excluding ortho intramolecular Hbond substituents is 1. The molecule has 0 spiro atoms. The highest BCUT2D eigenvalue weighted by atomic mass is 31.0. The second kappa shape index (κ2) is 8.00. The van der Waals surface area contributed by atoms with Crippen molar-refractivity contribution in [1.29, 1.82) is 0 Å². The topological polar surface area (TPSA) is 20.2 Å². The molecule has 0 aromatic heterocycles. The Morgan fingerprint density at radius 2 is 1.04 bits per heavy atom. The maximum atomic E-state index is 10.3. The van der Waals surface area contributed by atoms with E-state index in [0.717, 1.165) is 5.56 Å². The number of para-hydroxylation sites is 1. The fourth-order valence-electron chi connectivity index (χ4n) is 3.80. The number of benzene rings is 4. The van der Waals surface area contributed by atoms with E-state index in [9.17, 15) is 5.11 Å². The minimum absolute atomic E-state index is 0.339. The highest BCUT2D eigenvalue weighted by molar-refractivity contribution is 7.19. The summed E-state index contributed by atoms with van der Waals surface area (Å²) in [6.45, 7) is 0. The molecule has 138 valence electrons. The lowest BCUT2D eigenvalue weighted by molar-refractivity contribution is 0.469. The molecule has 0 aliphatic heterocycles. The molecular formula is C26H23OP. The highest BCUT2D eigenvalue weighted by Crippen LogP contribution is 2.46. The molecule has 4 aromatic rings. The van der Waals surface area contributed by atoms with Crippen LogP contribution in [0.2, 0.25) is 0 Å². The van der Waals surface area contributed by atoms with Crippen LogP contribution in [0.3, 0.4) is 0 Å². The van der Waals surface area contributed by atoms with Crippen LogP contribution in [0, 0.1) is 0 Å². The number of aromatic hydroxyl groups is 1. The third-order valence-corrected chi connectivity index (χ3v) is 6.25. The van der Waals surface area contributed by atoms with Gasteiger partial charge in [-0.1, -0.05) is 103 Å². The Balaban J connectivity index is 1.90. The van der Waals surface area contributed by atoms with Crippen LogP contribution in [-0.2, 0) is 11.6 Å². The van der Waals surface area contributed by atoms with E-state index < -0.39 is 0 Å². The average Bonchev–Trinajstić information content (AvgIpc) is 2.76. The van der Waals surface area contributed by atoms with Crippen molar-refractivity contribution in [2.24, 2.45) is 0 Å². The first-order valence-corrected chi connectivity index (χ1v) is 10.0. The number of hydrogen-bond acceptors (Lipinski definition) is 1. The molecule has 1 N–H and O–H groups in total. The normalized spacial score (nSPS) is 11.3. The molecule has 0 heterocycles. The smallest absolute Gasteiger partial charge is 0.119 e. The molecule has 0 aliphatic rings. The molecule has 0 fully saturated rings. The van der Waals surface area contributed by atoms with E-state index in [0.29, 0.717) is 12.2 Å². The van der Waals surface area contributed by atoms with Crippen molar-refractivity contribution in [1.82, 2.24) is 0 Å². The van der Waals surface area contributed by atoms with E-state index in [1.807, 2.05) is 30.3 Å². The summed E-state index contributed by atoms with van der Waals surface area (Å²) in [5.41, 5.74) is 5.79. The lowest BCUT2D eigenvalue weighted by atomic mass is 9.80. The summed E-state index contributed by atoms with van der Waals surface area (Å²) in [6, 6.07) is 37.2. The predicted octanol–water partition coefficient (Wildman–Crippen LogP) is 6.15. The van der Waals surface area contributed by atoms with Crippen LogP contribution < -0.4 is 0 Å². The second-order valence-electron chi connectivity index (χ2n) is 7.00. The van der Waals surface area contributed by atoms with Gasteiger partial charge in [0.15, 0.2) is 0 Å². The van der Waals surface area contributed by atoms with Gasteiger partial charge < -0.3 is 5.11 Å². The molecule has 1 atom stereocenters. The van der Waals surface area contributed by atoms with Crippen molar-refractivity contribution < 1.29 is 5.11 Å². The zero-order valence-electron chi connectivity index (χ0n) is 15.6. The number of rotatable bonds is 5. The first kappa shape index (κ1) is 18.5. The van der Waals surface area contributed by atoms with Crippen molar-refractivity contribution in [3.63, 3.8) is 0 Å². The first-order chi connectivity index (χ1) is 13.7. The van der Waals surface area contributed by atoms with E-state index in [1.165, 1.54) is 22.3 Å². The standard InChI is InChI=1S/C26H23OP/c27-25-18-10-8-12-21(25)19-20-11-7-9-17-24(20)26(28,22-13-3-1-4-14-22)23-15-5-2-6-16-23/h1-18,27H,19,28H2. The molecule has 0 radical (unpaired) electrons. The van der Waals surface area contributed by atoms with Gasteiger partial charge in [0, 0.05) is 6.42 Å². The maximum absolute atomic E-state index is 10.3. The summed E-state index contributed by atoms with van der Waals surface area (Å²) in [4.78, 5) is 0. The summed E-state index contributed by atoms with van der Waals surface area (Å²) in [7, 11) is 3.11. The van der Waals surface area contributed by atoms with E-state index in [-0.39, 0.29) is 5.16 Å². The zero-order valence-corrected chi connectivity index (χ0v) is 16.8. The van der Waals surface area contributed by atoms with Crippen LogP contribution in [0.4, 0.5) is 0 Å². The van der Waals surface area contributed by atoms with E-state index in [4.69, 9.17) is 0 Å². The van der Waals surface area contributed by atoms with Gasteiger partial charge in [0.1, 0.15) is 5.75 Å². The zero-order chi connectivity index (χ0) is 19.4. The third kappa shape index (κ3) is 3.46. The Labute approximate surface area is 168 Å². The summed E-state index contributed by atoms with van der Waals surface area (Å²) < 4.78 is 0. The Hall–Kier alpha value is -2.89. The molecular weight excluding hydrogens is 359 g/mol. The van der Waals surface area contributed by atoms with Crippen molar-refractivity contribution in [3.8, 4) is 5.75 Å². The SMILES string of the molecule is Oc1ccccc1Cc1ccccc1C(P)(c1ccccc1)c1ccccc1. The van der Waals surface area contributed by atoms with Crippen molar-refractivity contribution in [2.75, 3.05) is 0 Å². The van der Waals surface area contributed by atoms with Crippen molar-refractivity contribution in [2.45, 2.75) is 11.6 Å². The Morgan fingerprint density at radius 1 is 0.571 bits per heavy atom. The van der Waals surface area contributed by atoms with E-state index in [1.54, 1.807) is 6.07 Å². The van der Waals surface area contributed by atoms with Gasteiger partial charge >= 0.3 is 0 Å². The van der Waals surface area contributed by atoms with Crippen LogP contribution in [0.15, 0.2) is 109 Å². The molecule has 0 bridgehead atoms. The van der Waals surface area contributed by atoms with Gasteiger partial charge in [0.25, 0.3) is 0 Å². The predicted molar refractivity (Wildman–Crippen MR) is 120 cm³/mol. The minimum Gasteiger partial charge on any atom is -0.508 e. The summed E-state index contributed by atoms with van der Waals surface area (Å²) in [5, 5.41) is 9.92. The van der Waals surface area contributed by atoms with Gasteiger partial charge in [-0.25, -0.2) is 0 Å². The Bertz CT molecular complexity index is 1020. The highest BCUT2D eigenvalue weighted by Gasteiger charge is 2.33. The largest absolute Gasteiger partial charge is 0.508 e. The lowest BCUT2D eigenvalue weighted by Gasteiger charge is -2.33. The van der Waals surface area contributed by atoms with Gasteiger partial charge in [-0.05, 0) is 33.9 Å². The van der Waals surface area contributed by atoms with Crippen LogP contribution in [-0.4, -0.2) is 5.11 Å². The van der Waals surface area contributed by atoms with Gasteiger partial charge in [0.2, 0.25) is 0 Å². The quantitative estimate of drug-likeness (QED) is 0.324. The fraction of sp³-hybridized carbons (Fsp3) is 0.0769. The first-order valence-electron chi connectivity index (χ1n) is 9.45. The van der Waals surface area contributed by atoms with E-state index >= 15 is 0 Å². The Morgan fingerprint density at radius 3 is 1.61 bits per heavy atom. The fourth-order valence-corrected chi connectivity index (χ4v) is 4.47. The molecule has 1 unspecified atom stereocenters. The Kier molecular flexibility index (Phi) is 5.28. The molecule has 4 aromatic carbocycles. The summed E-state index contributed by atoms with van der Waals surface area (Å²) in [5.74, 6) is 0.339. The molecule has 0 aliphatic carbocycles. The molecule has 4 rings (SSSR count). The van der Waals surface area contributed by atoms with Crippen molar-refractivity contribution >= 4 is 9.24 Å². The van der Waals surface area contributed by atoms with Gasteiger partial charge in [-0.15, -0.1) is 9.24 Å². The summed E-state index contributed by atoms with van der Waals surface area (Å²) >= 11 is 0. The minimum atomic E-state index is -0.372. The van der Waals surface area contributed by atoms with Crippen LogP contribution in [0.1, 0.15) is 27.8 Å². The lowest BCUT2D eigenvalue weighted by Crippen LogP contribution is -2.23. The van der Waals surface area contributed by atoms with Gasteiger partial charge in [-0.3, -0.25) is 0 Å². The molecule has 28 heavy (non-hydrogen) atoms.